The molecule has 0 bridgehead atoms. The molecule has 80 valence electrons. The topological polar surface area (TPSA) is 3.24 Å². The van der Waals surface area contributed by atoms with Gasteiger partial charge in [0.05, 0.1) is 0 Å². The van der Waals surface area contributed by atoms with Crippen molar-refractivity contribution in [1.29, 1.82) is 0 Å². The van der Waals surface area contributed by atoms with E-state index in [1.165, 1.54) is 21.3 Å². The molecular formula is C12H13FIN. The highest BCUT2D eigenvalue weighted by atomic mass is 127. The van der Waals surface area contributed by atoms with Gasteiger partial charge in [0.1, 0.15) is 5.82 Å². The molecule has 0 unspecified atom stereocenters. The Balaban J connectivity index is 2.17. The van der Waals surface area contributed by atoms with Crippen LogP contribution in [0.4, 0.5) is 10.1 Å². The average molecular weight is 317 g/mol. The van der Waals surface area contributed by atoms with E-state index in [-0.39, 0.29) is 5.82 Å². The second-order valence-electron chi connectivity index (χ2n) is 3.83. The average Bonchev–Trinajstić information content (AvgIpc) is 2.23. The molecule has 1 aliphatic rings. The van der Waals surface area contributed by atoms with Gasteiger partial charge in [-0.25, -0.2) is 4.39 Å². The molecule has 3 heteroatoms. The van der Waals surface area contributed by atoms with Crippen LogP contribution in [0.3, 0.4) is 0 Å². The van der Waals surface area contributed by atoms with Crippen LogP contribution in [-0.2, 0) is 0 Å². The van der Waals surface area contributed by atoms with Crippen LogP contribution in [0.2, 0.25) is 0 Å². The smallest absolute Gasteiger partial charge is 0.123 e. The van der Waals surface area contributed by atoms with E-state index >= 15 is 0 Å². The van der Waals surface area contributed by atoms with Gasteiger partial charge in [-0.3, -0.25) is 0 Å². The molecular weight excluding hydrogens is 304 g/mol. The van der Waals surface area contributed by atoms with Crippen molar-refractivity contribution in [2.24, 2.45) is 0 Å². The van der Waals surface area contributed by atoms with Gasteiger partial charge in [-0.15, -0.1) is 0 Å². The highest BCUT2D eigenvalue weighted by molar-refractivity contribution is 14.1. The highest BCUT2D eigenvalue weighted by Gasteiger charge is 2.14. The van der Waals surface area contributed by atoms with E-state index in [2.05, 4.69) is 34.4 Å². The van der Waals surface area contributed by atoms with Crippen molar-refractivity contribution in [3.05, 3.63) is 39.2 Å². The summed E-state index contributed by atoms with van der Waals surface area (Å²) in [6, 6.07) is 6.74. The van der Waals surface area contributed by atoms with Crippen LogP contribution >= 0.6 is 22.6 Å². The molecule has 0 radical (unpaired) electrons. The molecule has 0 N–H and O–H groups in total. The minimum Gasteiger partial charge on any atom is -0.367 e. The van der Waals surface area contributed by atoms with Gasteiger partial charge in [0.2, 0.25) is 0 Å². The van der Waals surface area contributed by atoms with Crippen LogP contribution < -0.4 is 4.90 Å². The number of rotatable bonds is 1. The predicted molar refractivity (Wildman–Crippen MR) is 70.0 cm³/mol. The van der Waals surface area contributed by atoms with Gasteiger partial charge in [-0.2, -0.15) is 0 Å². The molecule has 1 aromatic rings. The molecule has 0 saturated heterocycles. The number of hydrogen-bond donors (Lipinski definition) is 0. The number of anilines is 1. The fourth-order valence-electron chi connectivity index (χ4n) is 1.77. The van der Waals surface area contributed by atoms with Crippen molar-refractivity contribution < 1.29 is 4.39 Å². The van der Waals surface area contributed by atoms with Crippen LogP contribution in [0.15, 0.2) is 33.4 Å². The first-order valence-electron chi connectivity index (χ1n) is 5.01. The van der Waals surface area contributed by atoms with Gasteiger partial charge in [0.25, 0.3) is 0 Å². The summed E-state index contributed by atoms with van der Waals surface area (Å²) in [6.07, 6.45) is 1.10. The van der Waals surface area contributed by atoms with Crippen LogP contribution in [0, 0.1) is 5.82 Å². The van der Waals surface area contributed by atoms with Gasteiger partial charge in [-0.1, -0.05) is 0 Å². The van der Waals surface area contributed by atoms with Gasteiger partial charge in [0, 0.05) is 18.8 Å². The van der Waals surface area contributed by atoms with E-state index in [0.717, 1.165) is 25.2 Å². The molecule has 0 aliphatic carbocycles. The lowest BCUT2D eigenvalue weighted by molar-refractivity contribution is 0.627. The van der Waals surface area contributed by atoms with Crippen molar-refractivity contribution in [2.75, 3.05) is 18.0 Å². The molecule has 0 saturated carbocycles. The van der Waals surface area contributed by atoms with Crippen LogP contribution in [0.5, 0.6) is 0 Å². The molecule has 1 aromatic carbocycles. The minimum absolute atomic E-state index is 0.169. The second kappa shape index (κ2) is 4.51. The molecule has 15 heavy (non-hydrogen) atoms. The third kappa shape index (κ3) is 2.51. The third-order valence-electron chi connectivity index (χ3n) is 2.68. The quantitative estimate of drug-likeness (QED) is 0.713. The van der Waals surface area contributed by atoms with Crippen LogP contribution in [-0.4, -0.2) is 13.1 Å². The van der Waals surface area contributed by atoms with E-state index in [0.29, 0.717) is 0 Å². The van der Waals surface area contributed by atoms with Crippen molar-refractivity contribution >= 4 is 28.3 Å². The monoisotopic (exact) mass is 317 g/mol. The first-order chi connectivity index (χ1) is 7.16. The lowest BCUT2D eigenvalue weighted by Gasteiger charge is -2.30. The fourth-order valence-corrected chi connectivity index (χ4v) is 2.18. The maximum absolute atomic E-state index is 12.8. The number of hydrogen-bond acceptors (Lipinski definition) is 1. The SMILES string of the molecule is CC1=C(I)CCN(c2ccc(F)cc2)C1. The summed E-state index contributed by atoms with van der Waals surface area (Å²) in [6.45, 7) is 4.16. The Labute approximate surface area is 103 Å². The summed E-state index contributed by atoms with van der Waals surface area (Å²) in [5, 5.41) is 0. The zero-order valence-corrected chi connectivity index (χ0v) is 10.8. The summed E-state index contributed by atoms with van der Waals surface area (Å²) in [5.41, 5.74) is 2.53. The van der Waals surface area contributed by atoms with Crippen LogP contribution in [0.25, 0.3) is 0 Å². The number of nitrogens with zero attached hydrogens (tertiary/aromatic N) is 1. The second-order valence-corrected chi connectivity index (χ2v) is 5.14. The Kier molecular flexibility index (Phi) is 3.29. The predicted octanol–water partition coefficient (Wildman–Crippen LogP) is 3.74. The Hall–Kier alpha value is -0.580. The molecule has 0 aromatic heterocycles. The van der Waals surface area contributed by atoms with E-state index < -0.39 is 0 Å². The fraction of sp³-hybridized carbons (Fsp3) is 0.333. The number of halogens is 2. The molecule has 2 rings (SSSR count). The molecule has 1 aliphatic heterocycles. The van der Waals surface area contributed by atoms with Gasteiger partial charge >= 0.3 is 0 Å². The lowest BCUT2D eigenvalue weighted by Crippen LogP contribution is -2.30. The van der Waals surface area contributed by atoms with E-state index in [9.17, 15) is 4.39 Å². The molecule has 1 nitrogen and oxygen atoms in total. The zero-order valence-electron chi connectivity index (χ0n) is 8.63. The molecule has 0 spiro atoms. The van der Waals surface area contributed by atoms with Crippen LogP contribution in [0.1, 0.15) is 13.3 Å². The van der Waals surface area contributed by atoms with E-state index in [4.69, 9.17) is 0 Å². The third-order valence-corrected chi connectivity index (χ3v) is 4.14. The highest BCUT2D eigenvalue weighted by Crippen LogP contribution is 2.26. The van der Waals surface area contributed by atoms with E-state index in [1.54, 1.807) is 0 Å². The molecule has 0 atom stereocenters. The number of benzene rings is 1. The van der Waals surface area contributed by atoms with Gasteiger partial charge in [-0.05, 0) is 69.4 Å². The maximum Gasteiger partial charge on any atom is 0.123 e. The Bertz CT molecular complexity index is 383. The van der Waals surface area contributed by atoms with Gasteiger partial charge in [0.15, 0.2) is 0 Å². The maximum atomic E-state index is 12.8. The summed E-state index contributed by atoms with van der Waals surface area (Å²) in [7, 11) is 0. The Morgan fingerprint density at radius 3 is 2.53 bits per heavy atom. The molecule has 0 fully saturated rings. The van der Waals surface area contributed by atoms with E-state index in [1.807, 2.05) is 12.1 Å². The van der Waals surface area contributed by atoms with Crippen molar-refractivity contribution in [3.8, 4) is 0 Å². The summed E-state index contributed by atoms with van der Waals surface area (Å²) >= 11 is 2.41. The van der Waals surface area contributed by atoms with Crippen molar-refractivity contribution in [3.63, 3.8) is 0 Å². The standard InChI is InChI=1S/C12H13FIN/c1-9-8-15(7-6-12(9)14)11-4-2-10(13)3-5-11/h2-5H,6-8H2,1H3. The van der Waals surface area contributed by atoms with Gasteiger partial charge < -0.3 is 4.90 Å². The molecule has 1 heterocycles. The van der Waals surface area contributed by atoms with Crippen molar-refractivity contribution in [2.45, 2.75) is 13.3 Å². The first-order valence-corrected chi connectivity index (χ1v) is 6.09. The summed E-state index contributed by atoms with van der Waals surface area (Å²) in [4.78, 5) is 2.29. The lowest BCUT2D eigenvalue weighted by atomic mass is 10.1. The first kappa shape index (κ1) is 10.9. The zero-order chi connectivity index (χ0) is 10.8. The Morgan fingerprint density at radius 1 is 1.27 bits per heavy atom. The summed E-state index contributed by atoms with van der Waals surface area (Å²) < 4.78 is 14.2. The minimum atomic E-state index is -0.169. The normalized spacial score (nSPS) is 17.1. The van der Waals surface area contributed by atoms with Crippen molar-refractivity contribution in [1.82, 2.24) is 0 Å². The summed E-state index contributed by atoms with van der Waals surface area (Å²) in [5.74, 6) is -0.169. The molecule has 0 amide bonds. The largest absolute Gasteiger partial charge is 0.367 e. The Morgan fingerprint density at radius 2 is 1.93 bits per heavy atom.